The van der Waals surface area contributed by atoms with Gasteiger partial charge in [-0.3, -0.25) is 0 Å². The van der Waals surface area contributed by atoms with Crippen molar-refractivity contribution >= 4 is 16.6 Å². The number of fused-ring (bicyclic) bond motifs is 1. The number of aromatic nitrogens is 3. The van der Waals surface area contributed by atoms with Crippen molar-refractivity contribution < 1.29 is 9.47 Å². The fourth-order valence-corrected chi connectivity index (χ4v) is 3.75. The van der Waals surface area contributed by atoms with Crippen LogP contribution in [0.5, 0.6) is 11.5 Å². The lowest BCUT2D eigenvalue weighted by molar-refractivity contribution is 0.336. The zero-order valence-corrected chi connectivity index (χ0v) is 16.8. The normalized spacial score (nSPS) is 12.7. The van der Waals surface area contributed by atoms with Gasteiger partial charge >= 0.3 is 0 Å². The van der Waals surface area contributed by atoms with E-state index in [2.05, 4.69) is 33.9 Å². The molecule has 6 nitrogen and oxygen atoms in total. The minimum Gasteiger partial charge on any atom is -0.494 e. The number of methoxy groups -OCH3 is 1. The molecular formula is C22H24N4O2. The van der Waals surface area contributed by atoms with Crippen LogP contribution in [0.25, 0.3) is 16.5 Å². The van der Waals surface area contributed by atoms with Crippen LogP contribution in [-0.4, -0.2) is 28.5 Å². The lowest BCUT2D eigenvalue weighted by Gasteiger charge is -2.15. The maximum absolute atomic E-state index is 5.68. The maximum atomic E-state index is 5.68. The zero-order chi connectivity index (χ0) is 19.8. The molecule has 1 aliphatic carbocycles. The Balaban J connectivity index is 1.93. The van der Waals surface area contributed by atoms with Crippen molar-refractivity contribution in [2.24, 2.45) is 0 Å². The number of ether oxygens (including phenoxy) is 2. The van der Waals surface area contributed by atoms with E-state index in [1.54, 1.807) is 7.11 Å². The average molecular weight is 376 g/mol. The molecule has 4 rings (SSSR count). The lowest BCUT2D eigenvalue weighted by Crippen LogP contribution is -2.05. The van der Waals surface area contributed by atoms with Gasteiger partial charge in [-0.15, -0.1) is 5.10 Å². The molecule has 0 unspecified atom stereocenters. The molecule has 6 heteroatoms. The maximum Gasteiger partial charge on any atom is 0.162 e. The van der Waals surface area contributed by atoms with Crippen molar-refractivity contribution in [3.8, 4) is 17.2 Å². The van der Waals surface area contributed by atoms with E-state index < -0.39 is 0 Å². The number of rotatable bonds is 6. The second kappa shape index (κ2) is 7.03. The van der Waals surface area contributed by atoms with Crippen LogP contribution in [0.2, 0.25) is 0 Å². The van der Waals surface area contributed by atoms with E-state index in [0.717, 1.165) is 56.6 Å². The minimum absolute atomic E-state index is 0.615. The number of allylic oxidation sites excluding steroid dienone is 3. The highest BCUT2D eigenvalue weighted by molar-refractivity contribution is 5.99. The molecule has 0 fully saturated rings. The molecule has 1 aromatic carbocycles. The van der Waals surface area contributed by atoms with Crippen LogP contribution in [0.15, 0.2) is 42.1 Å². The second-order valence-corrected chi connectivity index (χ2v) is 6.76. The third-order valence-corrected chi connectivity index (χ3v) is 5.06. The molecule has 3 aromatic rings. The van der Waals surface area contributed by atoms with Gasteiger partial charge in [0.2, 0.25) is 0 Å². The van der Waals surface area contributed by atoms with Crippen LogP contribution in [-0.2, 0) is 0 Å². The summed E-state index contributed by atoms with van der Waals surface area (Å²) in [6, 6.07) is 5.93. The first-order valence-corrected chi connectivity index (χ1v) is 9.36. The van der Waals surface area contributed by atoms with Crippen molar-refractivity contribution in [3.05, 3.63) is 59.2 Å². The van der Waals surface area contributed by atoms with Crippen molar-refractivity contribution in [3.63, 3.8) is 0 Å². The molecule has 28 heavy (non-hydrogen) atoms. The van der Waals surface area contributed by atoms with E-state index in [1.807, 2.05) is 50.3 Å². The summed E-state index contributed by atoms with van der Waals surface area (Å²) in [4.78, 5) is 0. The predicted octanol–water partition coefficient (Wildman–Crippen LogP) is 4.62. The van der Waals surface area contributed by atoms with E-state index in [1.165, 1.54) is 0 Å². The fourth-order valence-electron chi connectivity index (χ4n) is 3.75. The molecule has 0 amide bonds. The first kappa shape index (κ1) is 18.1. The molecule has 1 N–H and O–H groups in total. The monoisotopic (exact) mass is 376 g/mol. The highest BCUT2D eigenvalue weighted by atomic mass is 16.5. The Morgan fingerprint density at radius 3 is 2.46 bits per heavy atom. The molecule has 2 heterocycles. The largest absolute Gasteiger partial charge is 0.494 e. The molecule has 0 saturated carbocycles. The third-order valence-electron chi connectivity index (χ3n) is 5.06. The molecule has 2 aromatic heterocycles. The van der Waals surface area contributed by atoms with Crippen LogP contribution in [0.4, 0.5) is 5.82 Å². The van der Waals surface area contributed by atoms with Gasteiger partial charge in [-0.05, 0) is 52.0 Å². The van der Waals surface area contributed by atoms with Gasteiger partial charge < -0.3 is 19.4 Å². The highest BCUT2D eigenvalue weighted by Crippen LogP contribution is 2.38. The lowest BCUT2D eigenvalue weighted by atomic mass is 10.1. The quantitative estimate of drug-likeness (QED) is 0.680. The van der Waals surface area contributed by atoms with Gasteiger partial charge in [0, 0.05) is 33.9 Å². The van der Waals surface area contributed by atoms with Crippen molar-refractivity contribution in [2.45, 2.75) is 27.7 Å². The van der Waals surface area contributed by atoms with E-state index in [-0.39, 0.29) is 0 Å². The number of nitrogens with one attached hydrogen (secondary N) is 1. The second-order valence-electron chi connectivity index (χ2n) is 6.76. The first-order chi connectivity index (χ1) is 13.5. The highest BCUT2D eigenvalue weighted by Gasteiger charge is 2.21. The van der Waals surface area contributed by atoms with Crippen molar-refractivity contribution in [1.82, 2.24) is 14.8 Å². The molecule has 0 bridgehead atoms. The smallest absolute Gasteiger partial charge is 0.162 e. The molecule has 1 aliphatic rings. The van der Waals surface area contributed by atoms with E-state index in [4.69, 9.17) is 9.47 Å². The Morgan fingerprint density at radius 2 is 1.82 bits per heavy atom. The molecule has 0 saturated heterocycles. The summed E-state index contributed by atoms with van der Waals surface area (Å²) in [7, 11) is 1.68. The summed E-state index contributed by atoms with van der Waals surface area (Å²) in [5, 5.41) is 14.3. The summed E-state index contributed by atoms with van der Waals surface area (Å²) >= 11 is 0. The van der Waals surface area contributed by atoms with Gasteiger partial charge in [-0.25, -0.2) is 0 Å². The van der Waals surface area contributed by atoms with Gasteiger partial charge in [0.25, 0.3) is 0 Å². The third kappa shape index (κ3) is 2.81. The number of nitrogens with zero attached hydrogens (tertiary/aromatic N) is 3. The summed E-state index contributed by atoms with van der Waals surface area (Å²) in [5.41, 5.74) is 5.08. The van der Waals surface area contributed by atoms with Gasteiger partial charge in [0.05, 0.1) is 25.1 Å². The number of hydrogen-bond acceptors (Lipinski definition) is 5. The Labute approximate surface area is 164 Å². The van der Waals surface area contributed by atoms with Crippen LogP contribution in [0, 0.1) is 20.8 Å². The Morgan fingerprint density at radius 1 is 1.07 bits per heavy atom. The molecular weight excluding hydrogens is 352 g/mol. The van der Waals surface area contributed by atoms with Crippen LogP contribution >= 0.6 is 0 Å². The van der Waals surface area contributed by atoms with Gasteiger partial charge in [0.1, 0.15) is 11.5 Å². The van der Waals surface area contributed by atoms with E-state index in [9.17, 15) is 0 Å². The summed E-state index contributed by atoms with van der Waals surface area (Å²) in [6.07, 6.45) is 6.03. The standard InChI is InChI=1S/C22H24N4O2/c1-6-28-17-10-11-18(19(12-17)27-5)26-14(3)20-13(2)24-25-22(21(20)15(26)4)23-16-8-7-9-16/h7-12H,6H2,1-5H3,(H,23,25). The van der Waals surface area contributed by atoms with Crippen LogP contribution in [0.1, 0.15) is 24.0 Å². The number of hydrogen-bond donors (Lipinski definition) is 1. The molecule has 0 radical (unpaired) electrons. The molecule has 144 valence electrons. The van der Waals surface area contributed by atoms with Crippen molar-refractivity contribution in [1.29, 1.82) is 0 Å². The molecule has 0 aliphatic heterocycles. The SMILES string of the molecule is CCOc1ccc(-n2c(C)c3c(C)nnc(NC4=CC=C4)c3c2C)c(OC)c1. The predicted molar refractivity (Wildman–Crippen MR) is 112 cm³/mol. The van der Waals surface area contributed by atoms with E-state index in [0.29, 0.717) is 6.61 Å². The van der Waals surface area contributed by atoms with Gasteiger partial charge in [-0.2, -0.15) is 5.10 Å². The van der Waals surface area contributed by atoms with Crippen LogP contribution < -0.4 is 14.8 Å². The summed E-state index contributed by atoms with van der Waals surface area (Å²) in [6.45, 7) is 8.78. The van der Waals surface area contributed by atoms with Crippen LogP contribution in [0.3, 0.4) is 0 Å². The Kier molecular flexibility index (Phi) is 4.55. The first-order valence-electron chi connectivity index (χ1n) is 9.36. The average Bonchev–Trinajstić information content (AvgIpc) is 2.92. The number of anilines is 1. The summed E-state index contributed by atoms with van der Waals surface area (Å²) in [5.74, 6) is 2.32. The Bertz CT molecular complexity index is 1130. The molecule has 0 atom stereocenters. The topological polar surface area (TPSA) is 61.2 Å². The fraction of sp³-hybridized carbons (Fsp3) is 0.273. The number of aryl methyl sites for hydroxylation is 3. The van der Waals surface area contributed by atoms with Crippen molar-refractivity contribution in [2.75, 3.05) is 19.0 Å². The zero-order valence-electron chi connectivity index (χ0n) is 16.8. The Hall–Kier alpha value is -3.28. The summed E-state index contributed by atoms with van der Waals surface area (Å²) < 4.78 is 13.5. The molecule has 0 spiro atoms. The van der Waals surface area contributed by atoms with E-state index >= 15 is 0 Å². The van der Waals surface area contributed by atoms with Gasteiger partial charge in [0.15, 0.2) is 5.82 Å². The van der Waals surface area contributed by atoms with Gasteiger partial charge in [-0.1, -0.05) is 6.08 Å². The number of benzene rings is 1. The minimum atomic E-state index is 0.615.